The summed E-state index contributed by atoms with van der Waals surface area (Å²) in [4.78, 5) is 22.5. The standard InChI is InChI=1S/C10H10N2O2.H3N.Pt/c1-10(7-5-3-2-4-6-7)8(13)11-9(14)12-10;;/h2-6H,1H3,(H2,11,12,13,14);1H3;/q;;+2. The molecule has 1 aromatic rings. The van der Waals surface area contributed by atoms with Crippen molar-refractivity contribution in [2.45, 2.75) is 12.5 Å². The van der Waals surface area contributed by atoms with Crippen LogP contribution in [0.2, 0.25) is 0 Å². The molecule has 88 valence electrons. The molecule has 0 saturated carbocycles. The van der Waals surface area contributed by atoms with Gasteiger partial charge < -0.3 is 11.5 Å². The Morgan fingerprint density at radius 3 is 2.12 bits per heavy atom. The van der Waals surface area contributed by atoms with Gasteiger partial charge in [0.05, 0.1) is 0 Å². The van der Waals surface area contributed by atoms with Crippen LogP contribution in [0.4, 0.5) is 4.79 Å². The molecular formula is C10H13N3O2Pt+2. The predicted molar refractivity (Wildman–Crippen MR) is 55.5 cm³/mol. The molecule has 1 aliphatic rings. The van der Waals surface area contributed by atoms with Gasteiger partial charge in [-0.3, -0.25) is 10.1 Å². The maximum Gasteiger partial charge on any atom is 2.00 e. The van der Waals surface area contributed by atoms with E-state index in [1.807, 2.05) is 30.3 Å². The first-order valence-corrected chi connectivity index (χ1v) is 4.32. The van der Waals surface area contributed by atoms with Crippen molar-refractivity contribution in [3.63, 3.8) is 0 Å². The Kier molecular flexibility index (Phi) is 4.84. The van der Waals surface area contributed by atoms with E-state index in [0.29, 0.717) is 0 Å². The average Bonchev–Trinajstić information content (AvgIpc) is 2.43. The Morgan fingerprint density at radius 2 is 1.69 bits per heavy atom. The number of nitrogens with one attached hydrogen (secondary N) is 2. The Labute approximate surface area is 108 Å². The van der Waals surface area contributed by atoms with Crippen LogP contribution in [0.3, 0.4) is 0 Å². The molecule has 1 saturated heterocycles. The topological polar surface area (TPSA) is 93.2 Å². The van der Waals surface area contributed by atoms with Crippen molar-refractivity contribution in [3.8, 4) is 0 Å². The number of urea groups is 1. The number of carbonyl (C=O) groups excluding carboxylic acids is 2. The van der Waals surface area contributed by atoms with E-state index in [1.54, 1.807) is 6.92 Å². The fraction of sp³-hybridized carbons (Fsp3) is 0.200. The van der Waals surface area contributed by atoms with Gasteiger partial charge in [-0.05, 0) is 12.5 Å². The van der Waals surface area contributed by atoms with Crippen LogP contribution >= 0.6 is 0 Å². The van der Waals surface area contributed by atoms with E-state index in [-0.39, 0.29) is 33.1 Å². The fourth-order valence-electron chi connectivity index (χ4n) is 1.52. The van der Waals surface area contributed by atoms with Gasteiger partial charge >= 0.3 is 27.1 Å². The molecule has 5 nitrogen and oxygen atoms in total. The largest absolute Gasteiger partial charge is 2.00 e. The molecule has 2 rings (SSSR count). The molecule has 1 aliphatic heterocycles. The van der Waals surface area contributed by atoms with Crippen molar-refractivity contribution in [2.24, 2.45) is 0 Å². The second kappa shape index (κ2) is 5.23. The van der Waals surface area contributed by atoms with Gasteiger partial charge in [-0.2, -0.15) is 0 Å². The molecule has 1 atom stereocenters. The third-order valence-corrected chi connectivity index (χ3v) is 2.40. The van der Waals surface area contributed by atoms with Crippen molar-refractivity contribution in [2.75, 3.05) is 0 Å². The average molecular weight is 402 g/mol. The molecule has 1 aromatic carbocycles. The Hall–Kier alpha value is -1.19. The molecule has 0 radical (unpaired) electrons. The number of amides is 3. The molecule has 1 fully saturated rings. The van der Waals surface area contributed by atoms with Crippen LogP contribution < -0.4 is 16.8 Å². The van der Waals surface area contributed by atoms with E-state index in [2.05, 4.69) is 10.6 Å². The summed E-state index contributed by atoms with van der Waals surface area (Å²) in [6.07, 6.45) is 0. The molecule has 0 aliphatic carbocycles. The summed E-state index contributed by atoms with van der Waals surface area (Å²) in [5.41, 5.74) is -0.151. The van der Waals surface area contributed by atoms with Gasteiger partial charge in [0.1, 0.15) is 5.54 Å². The molecule has 5 N–H and O–H groups in total. The van der Waals surface area contributed by atoms with Crippen LogP contribution in [-0.4, -0.2) is 11.9 Å². The minimum Gasteiger partial charge on any atom is -0.344 e. The molecule has 0 spiro atoms. The summed E-state index contributed by atoms with van der Waals surface area (Å²) in [6.45, 7) is 1.68. The maximum atomic E-state index is 11.5. The smallest absolute Gasteiger partial charge is 0.344 e. The molecule has 0 bridgehead atoms. The normalized spacial score (nSPS) is 22.6. The van der Waals surface area contributed by atoms with Crippen LogP contribution in [0.25, 0.3) is 0 Å². The molecule has 1 heterocycles. The zero-order valence-electron chi connectivity index (χ0n) is 8.73. The van der Waals surface area contributed by atoms with Crippen molar-refractivity contribution in [1.82, 2.24) is 16.8 Å². The monoisotopic (exact) mass is 402 g/mol. The van der Waals surface area contributed by atoms with E-state index >= 15 is 0 Å². The number of carbonyl (C=O) groups is 2. The van der Waals surface area contributed by atoms with Gasteiger partial charge in [-0.1, -0.05) is 30.3 Å². The second-order valence-electron chi connectivity index (χ2n) is 3.40. The molecule has 3 amide bonds. The zero-order chi connectivity index (χ0) is 10.2. The molecule has 1 unspecified atom stereocenters. The summed E-state index contributed by atoms with van der Waals surface area (Å²) in [5, 5.41) is 4.81. The Bertz CT molecular complexity index is 396. The van der Waals surface area contributed by atoms with Crippen LogP contribution in [-0.2, 0) is 31.4 Å². The van der Waals surface area contributed by atoms with Gasteiger partial charge in [-0.15, -0.1) is 0 Å². The number of hydrogen-bond acceptors (Lipinski definition) is 3. The Morgan fingerprint density at radius 1 is 1.12 bits per heavy atom. The Balaban J connectivity index is 0.00000112. The first-order chi connectivity index (χ1) is 6.63. The predicted octanol–water partition coefficient (Wildman–Crippen LogP) is 0.901. The van der Waals surface area contributed by atoms with Crippen molar-refractivity contribution < 1.29 is 30.7 Å². The number of rotatable bonds is 1. The number of imide groups is 1. The van der Waals surface area contributed by atoms with Crippen LogP contribution in [0.15, 0.2) is 30.3 Å². The van der Waals surface area contributed by atoms with Crippen LogP contribution in [0.1, 0.15) is 12.5 Å². The minimum absolute atomic E-state index is 0. The molecular weight excluding hydrogens is 389 g/mol. The molecule has 16 heavy (non-hydrogen) atoms. The van der Waals surface area contributed by atoms with E-state index < -0.39 is 11.6 Å². The zero-order valence-corrected chi connectivity index (χ0v) is 11.0. The third kappa shape index (κ3) is 2.31. The van der Waals surface area contributed by atoms with E-state index in [0.717, 1.165) is 5.56 Å². The van der Waals surface area contributed by atoms with Crippen molar-refractivity contribution >= 4 is 11.9 Å². The first-order valence-electron chi connectivity index (χ1n) is 4.32. The quantitative estimate of drug-likeness (QED) is 0.610. The molecule has 6 heteroatoms. The van der Waals surface area contributed by atoms with E-state index in [9.17, 15) is 9.59 Å². The minimum atomic E-state index is -0.932. The van der Waals surface area contributed by atoms with Gasteiger partial charge in [0.25, 0.3) is 5.91 Å². The summed E-state index contributed by atoms with van der Waals surface area (Å²) in [6, 6.07) is 8.70. The van der Waals surface area contributed by atoms with E-state index in [4.69, 9.17) is 0 Å². The van der Waals surface area contributed by atoms with Crippen molar-refractivity contribution in [1.29, 1.82) is 0 Å². The van der Waals surface area contributed by atoms with Crippen molar-refractivity contribution in [3.05, 3.63) is 35.9 Å². The summed E-state index contributed by atoms with van der Waals surface area (Å²) >= 11 is 0. The molecule has 0 aromatic heterocycles. The fourth-order valence-corrected chi connectivity index (χ4v) is 1.52. The first kappa shape index (κ1) is 14.8. The SMILES string of the molecule is CC1(c2ccccc2)NC(=O)NC1=O.N.[Pt+2]. The summed E-state index contributed by atoms with van der Waals surface area (Å²) in [5.74, 6) is -0.311. The number of benzene rings is 1. The second-order valence-corrected chi connectivity index (χ2v) is 3.40. The summed E-state index contributed by atoms with van der Waals surface area (Å²) < 4.78 is 0. The van der Waals surface area contributed by atoms with Gasteiger partial charge in [-0.25, -0.2) is 4.79 Å². The van der Waals surface area contributed by atoms with Gasteiger partial charge in [0, 0.05) is 0 Å². The van der Waals surface area contributed by atoms with E-state index in [1.165, 1.54) is 0 Å². The maximum absolute atomic E-state index is 11.5. The van der Waals surface area contributed by atoms with Gasteiger partial charge in [0.15, 0.2) is 0 Å². The van der Waals surface area contributed by atoms with Crippen LogP contribution in [0, 0.1) is 0 Å². The van der Waals surface area contributed by atoms with Gasteiger partial charge in [0.2, 0.25) is 0 Å². The van der Waals surface area contributed by atoms with Crippen LogP contribution in [0.5, 0.6) is 0 Å². The summed E-state index contributed by atoms with van der Waals surface area (Å²) in [7, 11) is 0. The third-order valence-electron chi connectivity index (χ3n) is 2.40. The number of hydrogen-bond donors (Lipinski definition) is 3.